The standard InChI is InChI=1S/C34H34Cl2N4O7S2/c1-4-33(40-19-17-39(18-20-40)26-11-5-23(35)6-12-26)48(42,43)27-15-9-25(10-16-27)37-34(41)29-21-31(46-2)32(47-3)22-30(29)38-49(44,45)28-13-7-24(36)8-14-28/h4-16,21-22,33,38H,1,17-20H2,2-3H3,(H,37,41). The second-order valence-electron chi connectivity index (χ2n) is 11.0. The van der Waals surface area contributed by atoms with Gasteiger partial charge in [0.2, 0.25) is 0 Å². The maximum Gasteiger partial charge on any atom is 0.261 e. The fraction of sp³-hybridized carbons (Fsp3) is 0.206. The molecule has 4 aromatic rings. The van der Waals surface area contributed by atoms with Gasteiger partial charge >= 0.3 is 0 Å². The highest BCUT2D eigenvalue weighted by atomic mass is 35.5. The molecule has 0 aliphatic carbocycles. The first kappa shape index (κ1) is 36.0. The maximum absolute atomic E-state index is 13.7. The molecule has 0 spiro atoms. The van der Waals surface area contributed by atoms with E-state index in [1.807, 2.05) is 29.2 Å². The highest BCUT2D eigenvalue weighted by Crippen LogP contribution is 2.35. The number of carbonyl (C=O) groups excluding carboxylic acids is 1. The van der Waals surface area contributed by atoms with Gasteiger partial charge in [0.25, 0.3) is 15.9 Å². The minimum atomic E-state index is -4.14. The molecule has 0 saturated carbocycles. The number of hydrogen-bond acceptors (Lipinski definition) is 9. The number of rotatable bonds is 12. The third-order valence-electron chi connectivity index (χ3n) is 7.96. The summed E-state index contributed by atoms with van der Waals surface area (Å²) in [6.07, 6.45) is 1.42. The van der Waals surface area contributed by atoms with Crippen molar-refractivity contribution in [2.45, 2.75) is 15.2 Å². The van der Waals surface area contributed by atoms with E-state index in [4.69, 9.17) is 32.7 Å². The Morgan fingerprint density at radius 3 is 1.88 bits per heavy atom. The molecule has 11 nitrogen and oxygen atoms in total. The van der Waals surface area contributed by atoms with E-state index in [-0.39, 0.29) is 38.2 Å². The number of amides is 1. The lowest BCUT2D eigenvalue weighted by Gasteiger charge is -2.39. The summed E-state index contributed by atoms with van der Waals surface area (Å²) in [6, 6.07) is 21.5. The third kappa shape index (κ3) is 8.14. The number of halogens is 2. The van der Waals surface area contributed by atoms with Crippen molar-refractivity contribution in [2.24, 2.45) is 0 Å². The molecule has 258 valence electrons. The predicted octanol–water partition coefficient (Wildman–Crippen LogP) is 6.17. The number of hydrogen-bond donors (Lipinski definition) is 2. The third-order valence-corrected chi connectivity index (χ3v) is 11.9. The Labute approximate surface area is 296 Å². The van der Waals surface area contributed by atoms with Crippen LogP contribution in [0.15, 0.2) is 107 Å². The highest BCUT2D eigenvalue weighted by Gasteiger charge is 2.33. The zero-order valence-corrected chi connectivity index (χ0v) is 29.7. The molecule has 0 aromatic heterocycles. The number of nitrogens with one attached hydrogen (secondary N) is 2. The summed E-state index contributed by atoms with van der Waals surface area (Å²) in [5.74, 6) is -0.313. The Morgan fingerprint density at radius 1 is 0.796 bits per heavy atom. The number of nitrogens with zero attached hydrogens (tertiary/aromatic N) is 2. The van der Waals surface area contributed by atoms with Crippen molar-refractivity contribution in [3.8, 4) is 11.5 Å². The molecule has 1 aliphatic rings. The molecule has 1 saturated heterocycles. The molecular weight excluding hydrogens is 711 g/mol. The van der Waals surface area contributed by atoms with Crippen molar-refractivity contribution < 1.29 is 31.1 Å². The number of carbonyl (C=O) groups is 1. The lowest BCUT2D eigenvalue weighted by atomic mass is 10.1. The number of anilines is 3. The van der Waals surface area contributed by atoms with Gasteiger partial charge in [-0.15, -0.1) is 6.58 Å². The van der Waals surface area contributed by atoms with Gasteiger partial charge in [0, 0.05) is 53.7 Å². The maximum atomic E-state index is 13.7. The van der Waals surface area contributed by atoms with Gasteiger partial charge in [0.1, 0.15) is 5.37 Å². The van der Waals surface area contributed by atoms with E-state index in [0.717, 1.165) is 5.69 Å². The van der Waals surface area contributed by atoms with Crippen molar-refractivity contribution in [1.82, 2.24) is 4.90 Å². The van der Waals surface area contributed by atoms with Gasteiger partial charge in [-0.25, -0.2) is 16.8 Å². The topological polar surface area (TPSA) is 134 Å². The lowest BCUT2D eigenvalue weighted by Crippen LogP contribution is -2.52. The van der Waals surface area contributed by atoms with Gasteiger partial charge in [0.05, 0.1) is 35.3 Å². The van der Waals surface area contributed by atoms with E-state index in [9.17, 15) is 21.6 Å². The quantitative estimate of drug-likeness (QED) is 0.163. The summed E-state index contributed by atoms with van der Waals surface area (Å²) in [4.78, 5) is 17.6. The molecule has 1 unspecified atom stereocenters. The molecule has 1 heterocycles. The number of sulfonamides is 1. The Hall–Kier alpha value is -4.27. The number of piperazine rings is 1. The summed E-state index contributed by atoms with van der Waals surface area (Å²) in [6.45, 7) is 6.06. The van der Waals surface area contributed by atoms with Crippen molar-refractivity contribution in [3.63, 3.8) is 0 Å². The summed E-state index contributed by atoms with van der Waals surface area (Å²) in [5.41, 5.74) is 1.14. The van der Waals surface area contributed by atoms with Gasteiger partial charge in [-0.05, 0) is 78.9 Å². The van der Waals surface area contributed by atoms with Gasteiger partial charge in [-0.3, -0.25) is 14.4 Å². The highest BCUT2D eigenvalue weighted by molar-refractivity contribution is 7.92. The first-order valence-electron chi connectivity index (χ1n) is 14.9. The minimum absolute atomic E-state index is 0.0538. The average Bonchev–Trinajstić information content (AvgIpc) is 3.09. The lowest BCUT2D eigenvalue weighted by molar-refractivity contribution is 0.102. The smallest absolute Gasteiger partial charge is 0.261 e. The largest absolute Gasteiger partial charge is 0.493 e. The zero-order chi connectivity index (χ0) is 35.3. The molecule has 0 radical (unpaired) electrons. The number of sulfone groups is 1. The molecule has 2 N–H and O–H groups in total. The molecule has 15 heteroatoms. The number of methoxy groups -OCH3 is 2. The van der Waals surface area contributed by atoms with Crippen LogP contribution in [0, 0.1) is 0 Å². The molecule has 4 aromatic carbocycles. The molecule has 49 heavy (non-hydrogen) atoms. The fourth-order valence-corrected chi connectivity index (χ4v) is 8.37. The predicted molar refractivity (Wildman–Crippen MR) is 193 cm³/mol. The van der Waals surface area contributed by atoms with Crippen LogP contribution in [0.4, 0.5) is 17.1 Å². The monoisotopic (exact) mass is 744 g/mol. The normalized spacial score (nSPS) is 14.5. The number of ether oxygens (including phenoxy) is 2. The molecule has 5 rings (SSSR count). The van der Waals surface area contributed by atoms with Gasteiger partial charge in [0.15, 0.2) is 21.3 Å². The van der Waals surface area contributed by atoms with Crippen LogP contribution in [0.5, 0.6) is 11.5 Å². The van der Waals surface area contributed by atoms with Crippen LogP contribution in [-0.2, 0) is 19.9 Å². The van der Waals surface area contributed by atoms with E-state index >= 15 is 0 Å². The summed E-state index contributed by atoms with van der Waals surface area (Å²) in [7, 11) is -5.24. The first-order chi connectivity index (χ1) is 23.4. The van der Waals surface area contributed by atoms with Gasteiger partial charge < -0.3 is 19.7 Å². The van der Waals surface area contributed by atoms with Crippen molar-refractivity contribution in [3.05, 3.63) is 113 Å². The SMILES string of the molecule is C=CC(N1CCN(c2ccc(Cl)cc2)CC1)S(=O)(=O)c1ccc(NC(=O)c2cc(OC)c(OC)cc2NS(=O)(=O)c2ccc(Cl)cc2)cc1. The summed E-state index contributed by atoms with van der Waals surface area (Å²) in [5, 5.41) is 2.75. The van der Waals surface area contributed by atoms with E-state index in [2.05, 4.69) is 21.5 Å². The van der Waals surface area contributed by atoms with E-state index in [1.54, 1.807) is 0 Å². The van der Waals surface area contributed by atoms with Crippen molar-refractivity contribution in [1.29, 1.82) is 0 Å². The fourth-order valence-electron chi connectivity index (χ4n) is 5.39. The van der Waals surface area contributed by atoms with E-state index < -0.39 is 31.1 Å². The average molecular weight is 746 g/mol. The number of benzene rings is 4. The molecule has 1 fully saturated rings. The van der Waals surface area contributed by atoms with Gasteiger partial charge in [-0.2, -0.15) is 0 Å². The van der Waals surface area contributed by atoms with Crippen LogP contribution in [0.3, 0.4) is 0 Å². The zero-order valence-electron chi connectivity index (χ0n) is 26.6. The Balaban J connectivity index is 1.33. The van der Waals surface area contributed by atoms with Crippen LogP contribution < -0.4 is 24.4 Å². The van der Waals surface area contributed by atoms with E-state index in [0.29, 0.717) is 36.2 Å². The van der Waals surface area contributed by atoms with Gasteiger partial charge in [-0.1, -0.05) is 29.3 Å². The van der Waals surface area contributed by atoms with Crippen LogP contribution in [0.2, 0.25) is 10.0 Å². The Kier molecular flexibility index (Phi) is 11.1. The molecular formula is C34H34Cl2N4O7S2. The Bertz CT molecular complexity index is 2040. The first-order valence-corrected chi connectivity index (χ1v) is 18.7. The van der Waals surface area contributed by atoms with Crippen LogP contribution in [-0.4, -0.2) is 73.4 Å². The van der Waals surface area contributed by atoms with Crippen molar-refractivity contribution in [2.75, 3.05) is 55.3 Å². The molecule has 0 bridgehead atoms. The van der Waals surface area contributed by atoms with E-state index in [1.165, 1.54) is 81.0 Å². The van der Waals surface area contributed by atoms with Crippen LogP contribution >= 0.6 is 23.2 Å². The minimum Gasteiger partial charge on any atom is -0.493 e. The summed E-state index contributed by atoms with van der Waals surface area (Å²) >= 11 is 11.9. The molecule has 1 atom stereocenters. The molecule has 1 aliphatic heterocycles. The molecule has 1 amide bonds. The Morgan fingerprint density at radius 2 is 1.33 bits per heavy atom. The van der Waals surface area contributed by atoms with Crippen LogP contribution in [0.25, 0.3) is 0 Å². The second kappa shape index (κ2) is 15.1. The van der Waals surface area contributed by atoms with Crippen LogP contribution in [0.1, 0.15) is 10.4 Å². The summed E-state index contributed by atoms with van der Waals surface area (Å²) < 4.78 is 66.9. The second-order valence-corrected chi connectivity index (χ2v) is 15.6. The van der Waals surface area contributed by atoms with Crippen molar-refractivity contribution >= 4 is 66.0 Å².